The van der Waals surface area contributed by atoms with Crippen LogP contribution in [-0.2, 0) is 0 Å². The molecule has 0 heterocycles. The standard InChI is InChI=1S/C14H10Br2Cl2O/c1-7-4-12(16)9(6-11(7)15)14(19)10-5-8(17)2-3-13(10)18/h2-6,14,19H,1H3. The fourth-order valence-electron chi connectivity index (χ4n) is 1.76. The molecule has 0 spiro atoms. The lowest BCUT2D eigenvalue weighted by Crippen LogP contribution is -2.02. The second kappa shape index (κ2) is 6.15. The lowest BCUT2D eigenvalue weighted by atomic mass is 10.0. The fourth-order valence-corrected chi connectivity index (χ4v) is 3.20. The molecule has 0 aliphatic carbocycles. The molecule has 0 bridgehead atoms. The first kappa shape index (κ1) is 15.3. The average molecular weight is 425 g/mol. The molecule has 2 aromatic carbocycles. The van der Waals surface area contributed by atoms with Crippen LogP contribution in [0.5, 0.6) is 0 Å². The summed E-state index contributed by atoms with van der Waals surface area (Å²) in [6.07, 6.45) is -0.836. The van der Waals surface area contributed by atoms with Crippen molar-refractivity contribution in [3.8, 4) is 0 Å². The Hall–Kier alpha value is -0.0600. The Balaban J connectivity index is 2.52. The molecular weight excluding hydrogens is 415 g/mol. The predicted octanol–water partition coefficient (Wildman–Crippen LogP) is 5.91. The first-order valence-corrected chi connectivity index (χ1v) is 7.83. The summed E-state index contributed by atoms with van der Waals surface area (Å²) in [7, 11) is 0. The summed E-state index contributed by atoms with van der Waals surface area (Å²) in [5.41, 5.74) is 2.41. The normalized spacial score (nSPS) is 12.5. The van der Waals surface area contributed by atoms with E-state index < -0.39 is 6.10 Å². The monoisotopic (exact) mass is 422 g/mol. The number of rotatable bonds is 2. The number of aryl methyl sites for hydroxylation is 1. The number of halogens is 4. The van der Waals surface area contributed by atoms with Gasteiger partial charge in [-0.3, -0.25) is 0 Å². The Labute approximate surface area is 138 Å². The van der Waals surface area contributed by atoms with Gasteiger partial charge in [-0.2, -0.15) is 0 Å². The molecule has 1 unspecified atom stereocenters. The summed E-state index contributed by atoms with van der Waals surface area (Å²) < 4.78 is 1.76. The minimum atomic E-state index is -0.836. The zero-order valence-electron chi connectivity index (χ0n) is 9.92. The summed E-state index contributed by atoms with van der Waals surface area (Å²) in [5.74, 6) is 0. The van der Waals surface area contributed by atoms with E-state index in [-0.39, 0.29) is 0 Å². The molecule has 19 heavy (non-hydrogen) atoms. The molecule has 1 N–H and O–H groups in total. The van der Waals surface area contributed by atoms with Gasteiger partial charge >= 0.3 is 0 Å². The van der Waals surface area contributed by atoms with Gasteiger partial charge in [-0.15, -0.1) is 0 Å². The second-order valence-corrected chi connectivity index (χ2v) is 6.74. The summed E-state index contributed by atoms with van der Waals surface area (Å²) in [5, 5.41) is 11.5. The van der Waals surface area contributed by atoms with Crippen LogP contribution in [0.2, 0.25) is 10.0 Å². The highest BCUT2D eigenvalue weighted by molar-refractivity contribution is 9.11. The van der Waals surface area contributed by atoms with Gasteiger partial charge in [-0.1, -0.05) is 55.1 Å². The smallest absolute Gasteiger partial charge is 0.107 e. The van der Waals surface area contributed by atoms with Gasteiger partial charge in [-0.05, 0) is 42.8 Å². The maximum Gasteiger partial charge on any atom is 0.107 e. The molecule has 5 heteroatoms. The maximum absolute atomic E-state index is 10.5. The van der Waals surface area contributed by atoms with Crippen LogP contribution < -0.4 is 0 Å². The van der Waals surface area contributed by atoms with Crippen LogP contribution in [0.25, 0.3) is 0 Å². The molecule has 2 rings (SSSR count). The lowest BCUT2D eigenvalue weighted by Gasteiger charge is -2.16. The van der Waals surface area contributed by atoms with E-state index in [1.807, 2.05) is 19.1 Å². The SMILES string of the molecule is Cc1cc(Br)c(C(O)c2cc(Cl)ccc2Cl)cc1Br. The molecular formula is C14H10Br2Cl2O. The van der Waals surface area contributed by atoms with E-state index in [9.17, 15) is 5.11 Å². The number of aliphatic hydroxyl groups excluding tert-OH is 1. The zero-order chi connectivity index (χ0) is 14.2. The minimum absolute atomic E-state index is 0.487. The van der Waals surface area contributed by atoms with Crippen molar-refractivity contribution in [3.05, 3.63) is 66.0 Å². The molecule has 0 saturated heterocycles. The molecule has 0 fully saturated rings. The van der Waals surface area contributed by atoms with Crippen LogP contribution in [0.4, 0.5) is 0 Å². The Morgan fingerprint density at radius 1 is 1.00 bits per heavy atom. The van der Waals surface area contributed by atoms with E-state index in [1.54, 1.807) is 18.2 Å². The van der Waals surface area contributed by atoms with E-state index >= 15 is 0 Å². The molecule has 0 aromatic heterocycles. The number of aliphatic hydroxyl groups is 1. The van der Waals surface area contributed by atoms with Crippen LogP contribution in [0.3, 0.4) is 0 Å². The zero-order valence-corrected chi connectivity index (χ0v) is 14.6. The Morgan fingerprint density at radius 2 is 1.68 bits per heavy atom. The third-order valence-corrected chi connectivity index (χ3v) is 4.95. The van der Waals surface area contributed by atoms with Crippen molar-refractivity contribution >= 4 is 55.1 Å². The van der Waals surface area contributed by atoms with Gasteiger partial charge in [0, 0.05) is 30.1 Å². The van der Waals surface area contributed by atoms with Crippen molar-refractivity contribution in [2.45, 2.75) is 13.0 Å². The van der Waals surface area contributed by atoms with Crippen molar-refractivity contribution in [1.82, 2.24) is 0 Å². The van der Waals surface area contributed by atoms with Gasteiger partial charge in [0.25, 0.3) is 0 Å². The molecule has 0 radical (unpaired) electrons. The molecule has 1 nitrogen and oxygen atoms in total. The predicted molar refractivity (Wildman–Crippen MR) is 87.1 cm³/mol. The van der Waals surface area contributed by atoms with E-state index in [0.717, 1.165) is 20.1 Å². The summed E-state index contributed by atoms with van der Waals surface area (Å²) >= 11 is 19.0. The number of hydrogen-bond acceptors (Lipinski definition) is 1. The highest BCUT2D eigenvalue weighted by Crippen LogP contribution is 2.36. The third-order valence-electron chi connectivity index (χ3n) is 2.83. The maximum atomic E-state index is 10.5. The Bertz CT molecular complexity index is 629. The lowest BCUT2D eigenvalue weighted by molar-refractivity contribution is 0.219. The van der Waals surface area contributed by atoms with Crippen molar-refractivity contribution in [2.24, 2.45) is 0 Å². The van der Waals surface area contributed by atoms with Crippen LogP contribution in [-0.4, -0.2) is 5.11 Å². The van der Waals surface area contributed by atoms with E-state index in [4.69, 9.17) is 23.2 Å². The summed E-state index contributed by atoms with van der Waals surface area (Å²) in [6, 6.07) is 8.87. The van der Waals surface area contributed by atoms with Gasteiger partial charge in [0.05, 0.1) is 0 Å². The topological polar surface area (TPSA) is 20.2 Å². The average Bonchev–Trinajstić information content (AvgIpc) is 2.36. The van der Waals surface area contributed by atoms with Crippen molar-refractivity contribution in [3.63, 3.8) is 0 Å². The van der Waals surface area contributed by atoms with E-state index in [1.165, 1.54) is 0 Å². The van der Waals surface area contributed by atoms with Crippen LogP contribution in [0.15, 0.2) is 39.3 Å². The van der Waals surface area contributed by atoms with Gasteiger partial charge in [-0.25, -0.2) is 0 Å². The number of benzene rings is 2. The molecule has 100 valence electrons. The molecule has 2 aromatic rings. The Kier molecular flexibility index (Phi) is 4.96. The van der Waals surface area contributed by atoms with Crippen molar-refractivity contribution in [1.29, 1.82) is 0 Å². The molecule has 0 saturated carbocycles. The van der Waals surface area contributed by atoms with Crippen molar-refractivity contribution < 1.29 is 5.11 Å². The van der Waals surface area contributed by atoms with E-state index in [0.29, 0.717) is 15.6 Å². The van der Waals surface area contributed by atoms with Crippen LogP contribution in [0, 0.1) is 6.92 Å². The highest BCUT2D eigenvalue weighted by atomic mass is 79.9. The largest absolute Gasteiger partial charge is 0.384 e. The van der Waals surface area contributed by atoms with Crippen LogP contribution >= 0.6 is 55.1 Å². The molecule has 0 amide bonds. The summed E-state index contributed by atoms with van der Waals surface area (Å²) in [4.78, 5) is 0. The number of hydrogen-bond donors (Lipinski definition) is 1. The van der Waals surface area contributed by atoms with Crippen LogP contribution in [0.1, 0.15) is 22.8 Å². The quantitative estimate of drug-likeness (QED) is 0.635. The molecule has 0 aliphatic heterocycles. The molecule has 1 atom stereocenters. The summed E-state index contributed by atoms with van der Waals surface area (Å²) in [6.45, 7) is 1.98. The highest BCUT2D eigenvalue weighted by Gasteiger charge is 2.18. The minimum Gasteiger partial charge on any atom is -0.384 e. The molecule has 0 aliphatic rings. The second-order valence-electron chi connectivity index (χ2n) is 4.19. The Morgan fingerprint density at radius 3 is 2.37 bits per heavy atom. The third kappa shape index (κ3) is 3.34. The van der Waals surface area contributed by atoms with Crippen molar-refractivity contribution in [2.75, 3.05) is 0 Å². The van der Waals surface area contributed by atoms with E-state index in [2.05, 4.69) is 31.9 Å². The fraction of sp³-hybridized carbons (Fsp3) is 0.143. The van der Waals surface area contributed by atoms with Gasteiger partial charge in [0.15, 0.2) is 0 Å². The van der Waals surface area contributed by atoms with Gasteiger partial charge < -0.3 is 5.11 Å². The first-order chi connectivity index (χ1) is 8.90. The van der Waals surface area contributed by atoms with Gasteiger partial charge in [0.1, 0.15) is 6.10 Å². The first-order valence-electron chi connectivity index (χ1n) is 5.48. The van der Waals surface area contributed by atoms with Gasteiger partial charge in [0.2, 0.25) is 0 Å².